The molecule has 1 aliphatic heterocycles. The molecule has 0 saturated heterocycles. The van der Waals surface area contributed by atoms with Crippen LogP contribution < -0.4 is 15.4 Å². The third kappa shape index (κ3) is 5.38. The zero-order valence-corrected chi connectivity index (χ0v) is 16.7. The van der Waals surface area contributed by atoms with Gasteiger partial charge >= 0.3 is 12.0 Å². The van der Waals surface area contributed by atoms with Crippen molar-refractivity contribution < 1.29 is 19.1 Å². The minimum absolute atomic E-state index is 0.164. The fourth-order valence-electron chi connectivity index (χ4n) is 3.13. The van der Waals surface area contributed by atoms with Crippen LogP contribution in [0.5, 0.6) is 5.75 Å². The van der Waals surface area contributed by atoms with Crippen LogP contribution in [0, 0.1) is 0 Å². The van der Waals surface area contributed by atoms with Gasteiger partial charge in [-0.2, -0.15) is 0 Å². The van der Waals surface area contributed by atoms with Crippen LogP contribution in [0.2, 0.25) is 0 Å². The zero-order valence-electron chi connectivity index (χ0n) is 16.7. The number of benzene rings is 2. The van der Waals surface area contributed by atoms with Gasteiger partial charge in [-0.15, -0.1) is 0 Å². The van der Waals surface area contributed by atoms with Crippen LogP contribution in [0.1, 0.15) is 43.9 Å². The first kappa shape index (κ1) is 20.5. The van der Waals surface area contributed by atoms with E-state index in [1.807, 2.05) is 54.6 Å². The topological polar surface area (TPSA) is 76.7 Å². The van der Waals surface area contributed by atoms with Gasteiger partial charge in [-0.1, -0.05) is 55.8 Å². The van der Waals surface area contributed by atoms with Gasteiger partial charge in [-0.3, -0.25) is 0 Å². The van der Waals surface area contributed by atoms with Crippen LogP contribution in [0.25, 0.3) is 0 Å². The number of urea groups is 1. The number of ether oxygens (including phenoxy) is 2. The monoisotopic (exact) mass is 394 g/mol. The quantitative estimate of drug-likeness (QED) is 0.519. The minimum atomic E-state index is -0.609. The summed E-state index contributed by atoms with van der Waals surface area (Å²) in [6.45, 7) is 4.59. The predicted molar refractivity (Wildman–Crippen MR) is 110 cm³/mol. The molecule has 2 N–H and O–H groups in total. The van der Waals surface area contributed by atoms with E-state index in [1.54, 1.807) is 6.92 Å². The Labute approximate surface area is 170 Å². The fraction of sp³-hybridized carbons (Fsp3) is 0.304. The molecule has 6 heteroatoms. The average molecular weight is 394 g/mol. The molecule has 0 aromatic heterocycles. The lowest BCUT2D eigenvalue weighted by Gasteiger charge is -2.28. The van der Waals surface area contributed by atoms with E-state index < -0.39 is 12.0 Å². The van der Waals surface area contributed by atoms with E-state index in [2.05, 4.69) is 17.6 Å². The van der Waals surface area contributed by atoms with Crippen molar-refractivity contribution in [2.75, 3.05) is 6.61 Å². The normalized spacial score (nSPS) is 16.1. The second kappa shape index (κ2) is 9.78. The van der Waals surface area contributed by atoms with Crippen LogP contribution >= 0.6 is 0 Å². The summed E-state index contributed by atoms with van der Waals surface area (Å²) < 4.78 is 11.3. The van der Waals surface area contributed by atoms with Gasteiger partial charge in [0, 0.05) is 5.70 Å². The van der Waals surface area contributed by atoms with Gasteiger partial charge in [-0.05, 0) is 36.6 Å². The van der Waals surface area contributed by atoms with Gasteiger partial charge in [0.25, 0.3) is 0 Å². The highest BCUT2D eigenvalue weighted by atomic mass is 16.5. The Morgan fingerprint density at radius 3 is 2.66 bits per heavy atom. The second-order valence-corrected chi connectivity index (χ2v) is 6.91. The van der Waals surface area contributed by atoms with Gasteiger partial charge in [0.1, 0.15) is 12.4 Å². The zero-order chi connectivity index (χ0) is 20.6. The van der Waals surface area contributed by atoms with Gasteiger partial charge in [0.2, 0.25) is 0 Å². The smallest absolute Gasteiger partial charge is 0.338 e. The van der Waals surface area contributed by atoms with Crippen LogP contribution in [-0.4, -0.2) is 18.6 Å². The van der Waals surface area contributed by atoms with Crippen molar-refractivity contribution in [3.63, 3.8) is 0 Å². The number of allylic oxidation sites excluding steroid dienone is 1. The molecule has 0 bridgehead atoms. The number of nitrogens with one attached hydrogen (secondary N) is 2. The lowest BCUT2D eigenvalue weighted by Crippen LogP contribution is -2.45. The Morgan fingerprint density at radius 2 is 1.90 bits per heavy atom. The molecule has 1 aliphatic rings. The van der Waals surface area contributed by atoms with Crippen molar-refractivity contribution in [1.29, 1.82) is 0 Å². The summed E-state index contributed by atoms with van der Waals surface area (Å²) in [5.74, 6) is 0.236. The Balaban J connectivity index is 1.80. The summed E-state index contributed by atoms with van der Waals surface area (Å²) in [6.07, 6.45) is 2.01. The molecule has 0 saturated carbocycles. The van der Waals surface area contributed by atoms with Crippen molar-refractivity contribution in [3.8, 4) is 5.75 Å². The summed E-state index contributed by atoms with van der Waals surface area (Å²) in [4.78, 5) is 24.9. The molecule has 1 heterocycles. The summed E-state index contributed by atoms with van der Waals surface area (Å²) in [6, 6.07) is 15.9. The molecular formula is C23H26N2O4. The number of carbonyl (C=O) groups excluding carboxylic acids is 2. The molecule has 29 heavy (non-hydrogen) atoms. The molecule has 0 aliphatic carbocycles. The van der Waals surface area contributed by atoms with Gasteiger partial charge in [0.15, 0.2) is 0 Å². The molecule has 0 spiro atoms. The number of unbranched alkanes of at least 4 members (excludes halogenated alkanes) is 1. The lowest BCUT2D eigenvalue weighted by atomic mass is 9.95. The van der Waals surface area contributed by atoms with Gasteiger partial charge in [-0.25, -0.2) is 9.59 Å². The van der Waals surface area contributed by atoms with E-state index in [0.29, 0.717) is 23.6 Å². The summed E-state index contributed by atoms with van der Waals surface area (Å²) in [5.41, 5.74) is 2.52. The van der Waals surface area contributed by atoms with Crippen molar-refractivity contribution in [2.24, 2.45) is 0 Å². The van der Waals surface area contributed by atoms with Gasteiger partial charge < -0.3 is 20.1 Å². The molecule has 3 rings (SSSR count). The third-order valence-electron chi connectivity index (χ3n) is 4.66. The lowest BCUT2D eigenvalue weighted by molar-refractivity contribution is -0.140. The fourth-order valence-corrected chi connectivity index (χ4v) is 3.13. The summed E-state index contributed by atoms with van der Waals surface area (Å²) in [7, 11) is 0. The second-order valence-electron chi connectivity index (χ2n) is 6.91. The molecule has 0 radical (unpaired) electrons. The maximum absolute atomic E-state index is 12.9. The van der Waals surface area contributed by atoms with Crippen LogP contribution in [0.15, 0.2) is 65.9 Å². The van der Waals surface area contributed by atoms with E-state index in [-0.39, 0.29) is 12.6 Å². The number of hydrogen-bond acceptors (Lipinski definition) is 4. The van der Waals surface area contributed by atoms with E-state index in [1.165, 1.54) is 0 Å². The van der Waals surface area contributed by atoms with Crippen LogP contribution in [0.4, 0.5) is 4.79 Å². The molecule has 2 amide bonds. The molecule has 2 aromatic carbocycles. The highest BCUT2D eigenvalue weighted by Crippen LogP contribution is 2.30. The molecule has 152 valence electrons. The molecular weight excluding hydrogens is 368 g/mol. The minimum Gasteiger partial charge on any atom is -0.494 e. The molecule has 1 atom stereocenters. The summed E-state index contributed by atoms with van der Waals surface area (Å²) in [5, 5.41) is 5.48. The first-order valence-corrected chi connectivity index (χ1v) is 9.80. The Hall–Kier alpha value is -3.28. The van der Waals surface area contributed by atoms with Crippen LogP contribution in [-0.2, 0) is 16.1 Å². The van der Waals surface area contributed by atoms with Crippen molar-refractivity contribution in [1.82, 2.24) is 10.6 Å². The first-order valence-electron chi connectivity index (χ1n) is 9.80. The van der Waals surface area contributed by atoms with E-state index in [0.717, 1.165) is 24.0 Å². The number of esters is 1. The standard InChI is InChI=1S/C23H26N2O4/c1-3-4-13-28-19-12-8-11-18(14-19)21-20(16(2)24-23(27)25-21)22(26)29-15-17-9-6-5-7-10-17/h5-12,14,21H,3-4,13,15H2,1-2H3,(H2,24,25,27). The average Bonchev–Trinajstić information content (AvgIpc) is 2.73. The third-order valence-corrected chi connectivity index (χ3v) is 4.66. The van der Waals surface area contributed by atoms with Gasteiger partial charge in [0.05, 0.1) is 18.2 Å². The molecule has 2 aromatic rings. The Morgan fingerprint density at radius 1 is 1.10 bits per heavy atom. The highest BCUT2D eigenvalue weighted by Gasteiger charge is 2.32. The molecule has 0 fully saturated rings. The number of amides is 2. The maximum atomic E-state index is 12.9. The molecule has 1 unspecified atom stereocenters. The Kier molecular flexibility index (Phi) is 6.89. The molecule has 6 nitrogen and oxygen atoms in total. The largest absolute Gasteiger partial charge is 0.494 e. The summed E-state index contributed by atoms with van der Waals surface area (Å²) >= 11 is 0. The highest BCUT2D eigenvalue weighted by molar-refractivity contribution is 5.95. The number of hydrogen-bond donors (Lipinski definition) is 2. The predicted octanol–water partition coefficient (Wildman–Crippen LogP) is 4.24. The number of rotatable bonds is 8. The van der Waals surface area contributed by atoms with E-state index in [9.17, 15) is 9.59 Å². The Bertz CT molecular complexity index is 893. The van der Waals surface area contributed by atoms with E-state index >= 15 is 0 Å². The van der Waals surface area contributed by atoms with Crippen LogP contribution in [0.3, 0.4) is 0 Å². The van der Waals surface area contributed by atoms with Crippen molar-refractivity contribution in [2.45, 2.75) is 39.3 Å². The SMILES string of the molecule is CCCCOc1cccc(C2NC(=O)NC(C)=C2C(=O)OCc2ccccc2)c1. The van der Waals surface area contributed by atoms with Crippen molar-refractivity contribution >= 4 is 12.0 Å². The number of carbonyl (C=O) groups is 2. The van der Waals surface area contributed by atoms with Crippen molar-refractivity contribution in [3.05, 3.63) is 77.0 Å². The van der Waals surface area contributed by atoms with E-state index in [4.69, 9.17) is 9.47 Å². The first-order chi connectivity index (χ1) is 14.1. The maximum Gasteiger partial charge on any atom is 0.338 e.